The highest BCUT2D eigenvalue weighted by molar-refractivity contribution is 5.91. The van der Waals surface area contributed by atoms with Crippen molar-refractivity contribution in [2.75, 3.05) is 20.3 Å². The minimum absolute atomic E-state index is 0.152. The molecular weight excluding hydrogens is 334 g/mol. The SMILES string of the molecule is COC(=O)COc1cccc(CCN(N)C(=O)/C=C/c2cccnc2)c1. The van der Waals surface area contributed by atoms with Crippen LogP contribution in [0.3, 0.4) is 0 Å². The van der Waals surface area contributed by atoms with E-state index in [4.69, 9.17) is 10.6 Å². The lowest BCUT2D eigenvalue weighted by molar-refractivity contribution is -0.142. The van der Waals surface area contributed by atoms with E-state index in [9.17, 15) is 9.59 Å². The number of hydrazine groups is 1. The third-order valence-electron chi connectivity index (χ3n) is 3.51. The number of esters is 1. The first-order valence-corrected chi connectivity index (χ1v) is 8.01. The van der Waals surface area contributed by atoms with Crippen LogP contribution in [-0.2, 0) is 20.7 Å². The number of rotatable bonds is 8. The van der Waals surface area contributed by atoms with Crippen molar-refractivity contribution in [3.05, 3.63) is 66.0 Å². The predicted molar refractivity (Wildman–Crippen MR) is 96.8 cm³/mol. The average molecular weight is 355 g/mol. The molecule has 0 aliphatic carbocycles. The van der Waals surface area contributed by atoms with Crippen molar-refractivity contribution in [2.24, 2.45) is 5.84 Å². The summed E-state index contributed by atoms with van der Waals surface area (Å²) in [5.74, 6) is 5.61. The molecule has 7 nitrogen and oxygen atoms in total. The van der Waals surface area contributed by atoms with Crippen molar-refractivity contribution >= 4 is 18.0 Å². The maximum atomic E-state index is 12.0. The molecule has 26 heavy (non-hydrogen) atoms. The highest BCUT2D eigenvalue weighted by Gasteiger charge is 2.07. The number of benzene rings is 1. The molecule has 2 rings (SSSR count). The largest absolute Gasteiger partial charge is 0.482 e. The van der Waals surface area contributed by atoms with E-state index in [1.807, 2.05) is 18.2 Å². The summed E-state index contributed by atoms with van der Waals surface area (Å²) in [6, 6.07) is 10.9. The summed E-state index contributed by atoms with van der Waals surface area (Å²) in [6.45, 7) is 0.192. The van der Waals surface area contributed by atoms with Crippen LogP contribution in [0, 0.1) is 0 Å². The second-order valence-corrected chi connectivity index (χ2v) is 5.41. The number of aromatic nitrogens is 1. The van der Waals surface area contributed by atoms with Gasteiger partial charge in [-0.1, -0.05) is 18.2 Å². The molecule has 0 bridgehead atoms. The first kappa shape index (κ1) is 19.1. The summed E-state index contributed by atoms with van der Waals surface area (Å²) in [4.78, 5) is 27.1. The lowest BCUT2D eigenvalue weighted by atomic mass is 10.1. The number of nitrogens with zero attached hydrogens (tertiary/aromatic N) is 2. The fraction of sp³-hybridized carbons (Fsp3) is 0.211. The number of ether oxygens (including phenoxy) is 2. The van der Waals surface area contributed by atoms with Crippen LogP contribution in [0.1, 0.15) is 11.1 Å². The zero-order chi connectivity index (χ0) is 18.8. The van der Waals surface area contributed by atoms with Gasteiger partial charge < -0.3 is 9.47 Å². The minimum atomic E-state index is -0.450. The zero-order valence-electron chi connectivity index (χ0n) is 14.5. The fourth-order valence-corrected chi connectivity index (χ4v) is 2.09. The van der Waals surface area contributed by atoms with Crippen LogP contribution < -0.4 is 10.6 Å². The first-order chi connectivity index (χ1) is 12.6. The molecule has 1 amide bonds. The summed E-state index contributed by atoms with van der Waals surface area (Å²) in [7, 11) is 1.30. The topological polar surface area (TPSA) is 94.8 Å². The Labute approximate surface area is 152 Å². The Morgan fingerprint density at radius 1 is 1.27 bits per heavy atom. The minimum Gasteiger partial charge on any atom is -0.482 e. The van der Waals surface area contributed by atoms with Gasteiger partial charge >= 0.3 is 5.97 Å². The van der Waals surface area contributed by atoms with Crippen molar-refractivity contribution < 1.29 is 19.1 Å². The lowest BCUT2D eigenvalue weighted by Gasteiger charge is -2.15. The Balaban J connectivity index is 1.84. The molecule has 0 spiro atoms. The van der Waals surface area contributed by atoms with Crippen molar-refractivity contribution in [3.8, 4) is 5.75 Å². The smallest absolute Gasteiger partial charge is 0.343 e. The molecule has 7 heteroatoms. The van der Waals surface area contributed by atoms with E-state index >= 15 is 0 Å². The molecule has 1 aromatic carbocycles. The average Bonchev–Trinajstić information content (AvgIpc) is 2.69. The molecule has 0 aliphatic rings. The summed E-state index contributed by atoms with van der Waals surface area (Å²) in [5.41, 5.74) is 1.76. The second kappa shape index (κ2) is 9.95. The van der Waals surface area contributed by atoms with Crippen LogP contribution in [-0.4, -0.2) is 42.1 Å². The standard InChI is InChI=1S/C19H21N3O4/c1-25-19(24)14-26-17-6-2-4-15(12-17)9-11-22(20)18(23)8-7-16-5-3-10-21-13-16/h2-8,10,12-13H,9,11,14,20H2,1H3/b8-7+. The molecular formula is C19H21N3O4. The van der Waals surface area contributed by atoms with E-state index in [2.05, 4.69) is 9.72 Å². The molecule has 0 atom stereocenters. The predicted octanol–water partition coefficient (Wildman–Crippen LogP) is 1.59. The van der Waals surface area contributed by atoms with Gasteiger partial charge in [-0.15, -0.1) is 0 Å². The maximum Gasteiger partial charge on any atom is 0.343 e. The molecule has 136 valence electrons. The van der Waals surface area contributed by atoms with Gasteiger partial charge in [0, 0.05) is 25.0 Å². The van der Waals surface area contributed by atoms with E-state index < -0.39 is 5.97 Å². The van der Waals surface area contributed by atoms with Gasteiger partial charge in [-0.2, -0.15) is 0 Å². The molecule has 1 heterocycles. The fourth-order valence-electron chi connectivity index (χ4n) is 2.09. The van der Waals surface area contributed by atoms with Crippen molar-refractivity contribution in [1.29, 1.82) is 0 Å². The maximum absolute atomic E-state index is 12.0. The van der Waals surface area contributed by atoms with Crippen LogP contribution in [0.5, 0.6) is 5.75 Å². The summed E-state index contributed by atoms with van der Waals surface area (Å²) in [5, 5.41) is 1.15. The Hall–Kier alpha value is -3.19. The first-order valence-electron chi connectivity index (χ1n) is 8.01. The van der Waals surface area contributed by atoms with Crippen LogP contribution >= 0.6 is 0 Å². The normalized spacial score (nSPS) is 10.5. The molecule has 2 aromatic rings. The van der Waals surface area contributed by atoms with Crippen LogP contribution in [0.25, 0.3) is 6.08 Å². The molecule has 0 saturated heterocycles. The monoisotopic (exact) mass is 355 g/mol. The van der Waals surface area contributed by atoms with Gasteiger partial charge in [-0.25, -0.2) is 10.6 Å². The highest BCUT2D eigenvalue weighted by Crippen LogP contribution is 2.14. The van der Waals surface area contributed by atoms with E-state index in [0.29, 0.717) is 18.7 Å². The number of methoxy groups -OCH3 is 1. The molecule has 0 fully saturated rings. The summed E-state index contributed by atoms with van der Waals surface area (Å²) < 4.78 is 9.87. The Kier molecular flexibility index (Phi) is 7.32. The number of nitrogens with two attached hydrogens (primary N) is 1. The van der Waals surface area contributed by atoms with E-state index in [-0.39, 0.29) is 12.5 Å². The molecule has 1 aromatic heterocycles. The van der Waals surface area contributed by atoms with Crippen LogP contribution in [0.15, 0.2) is 54.9 Å². The van der Waals surface area contributed by atoms with Crippen LogP contribution in [0.4, 0.5) is 0 Å². The summed E-state index contributed by atoms with van der Waals surface area (Å²) >= 11 is 0. The molecule has 0 saturated carbocycles. The third-order valence-corrected chi connectivity index (χ3v) is 3.51. The molecule has 0 radical (unpaired) electrons. The van der Waals surface area contributed by atoms with E-state index in [0.717, 1.165) is 16.1 Å². The number of carbonyl (C=O) groups excluding carboxylic acids is 2. The third kappa shape index (κ3) is 6.37. The molecule has 0 unspecified atom stereocenters. The Bertz CT molecular complexity index is 762. The number of carbonyl (C=O) groups is 2. The van der Waals surface area contributed by atoms with Crippen molar-refractivity contribution in [1.82, 2.24) is 9.99 Å². The Morgan fingerprint density at radius 3 is 2.85 bits per heavy atom. The quantitative estimate of drug-likeness (QED) is 0.254. The van der Waals surface area contributed by atoms with E-state index in [1.165, 1.54) is 13.2 Å². The van der Waals surface area contributed by atoms with Gasteiger partial charge in [0.15, 0.2) is 6.61 Å². The molecule has 2 N–H and O–H groups in total. The van der Waals surface area contributed by atoms with E-state index in [1.54, 1.807) is 36.7 Å². The van der Waals surface area contributed by atoms with Gasteiger partial charge in [0.25, 0.3) is 5.91 Å². The number of pyridine rings is 1. The second-order valence-electron chi connectivity index (χ2n) is 5.41. The number of hydrogen-bond donors (Lipinski definition) is 1. The molecule has 0 aliphatic heterocycles. The highest BCUT2D eigenvalue weighted by atomic mass is 16.6. The van der Waals surface area contributed by atoms with Gasteiger partial charge in [0.05, 0.1) is 7.11 Å². The van der Waals surface area contributed by atoms with Gasteiger partial charge in [0.2, 0.25) is 0 Å². The zero-order valence-corrected chi connectivity index (χ0v) is 14.5. The lowest BCUT2D eigenvalue weighted by Crippen LogP contribution is -2.37. The van der Waals surface area contributed by atoms with Crippen molar-refractivity contribution in [2.45, 2.75) is 6.42 Å². The van der Waals surface area contributed by atoms with Crippen LogP contribution in [0.2, 0.25) is 0 Å². The van der Waals surface area contributed by atoms with Crippen molar-refractivity contribution in [3.63, 3.8) is 0 Å². The summed E-state index contributed by atoms with van der Waals surface area (Å²) in [6.07, 6.45) is 6.95. The number of amides is 1. The van der Waals surface area contributed by atoms with Gasteiger partial charge in [-0.05, 0) is 41.8 Å². The van der Waals surface area contributed by atoms with Gasteiger partial charge in [0.1, 0.15) is 5.75 Å². The number of hydrogen-bond acceptors (Lipinski definition) is 6. The van der Waals surface area contributed by atoms with Gasteiger partial charge in [-0.3, -0.25) is 14.8 Å². The Morgan fingerprint density at radius 2 is 2.12 bits per heavy atom.